The summed E-state index contributed by atoms with van der Waals surface area (Å²) in [6, 6.07) is 3.87. The molecule has 0 aliphatic carbocycles. The Bertz CT molecular complexity index is 920. The van der Waals surface area contributed by atoms with Gasteiger partial charge in [-0.05, 0) is 49.5 Å². The first-order chi connectivity index (χ1) is 14.5. The van der Waals surface area contributed by atoms with Gasteiger partial charge < -0.3 is 10.1 Å². The number of hydrogen-bond donors (Lipinski definition) is 2. The van der Waals surface area contributed by atoms with Gasteiger partial charge in [-0.1, -0.05) is 0 Å². The van der Waals surface area contributed by atoms with Crippen LogP contribution in [0.25, 0.3) is 0 Å². The number of benzene rings is 1. The number of rotatable bonds is 5. The molecule has 0 bridgehead atoms. The molecule has 4 aliphatic heterocycles. The Morgan fingerprint density at radius 2 is 1.73 bits per heavy atom. The number of nitrogens with zero attached hydrogens (tertiary/aromatic N) is 2. The van der Waals surface area contributed by atoms with Crippen LogP contribution in [0.2, 0.25) is 0 Å². The summed E-state index contributed by atoms with van der Waals surface area (Å²) in [7, 11) is 0. The SMILES string of the molecule is O=C1CCC(N2C(=O)c3ccc(OCCN4CC5CNCC5C4)cc3C2=O)C(=O)N1. The zero-order valence-corrected chi connectivity index (χ0v) is 16.6. The third-order valence-corrected chi connectivity index (χ3v) is 6.55. The molecule has 9 heteroatoms. The van der Waals surface area contributed by atoms with E-state index < -0.39 is 23.8 Å². The Hall–Kier alpha value is -2.78. The monoisotopic (exact) mass is 412 g/mol. The minimum Gasteiger partial charge on any atom is -0.492 e. The average Bonchev–Trinajstić information content (AvgIpc) is 3.37. The van der Waals surface area contributed by atoms with Crippen molar-refractivity contribution in [3.05, 3.63) is 29.3 Å². The summed E-state index contributed by atoms with van der Waals surface area (Å²) in [5, 5.41) is 5.62. The van der Waals surface area contributed by atoms with Gasteiger partial charge in [0, 0.05) is 26.1 Å². The highest BCUT2D eigenvalue weighted by Crippen LogP contribution is 2.30. The number of imide groups is 2. The van der Waals surface area contributed by atoms with E-state index in [1.54, 1.807) is 18.2 Å². The second-order valence-corrected chi connectivity index (χ2v) is 8.44. The topological polar surface area (TPSA) is 108 Å². The first kappa shape index (κ1) is 19.2. The molecule has 158 valence electrons. The molecule has 30 heavy (non-hydrogen) atoms. The fourth-order valence-electron chi connectivity index (χ4n) is 4.97. The Morgan fingerprint density at radius 3 is 2.47 bits per heavy atom. The van der Waals surface area contributed by atoms with Crippen molar-refractivity contribution in [2.24, 2.45) is 11.8 Å². The van der Waals surface area contributed by atoms with Crippen molar-refractivity contribution in [1.82, 2.24) is 20.4 Å². The summed E-state index contributed by atoms with van der Waals surface area (Å²) >= 11 is 0. The van der Waals surface area contributed by atoms with Crippen LogP contribution in [0.4, 0.5) is 0 Å². The van der Waals surface area contributed by atoms with E-state index in [4.69, 9.17) is 4.74 Å². The Morgan fingerprint density at radius 1 is 1.00 bits per heavy atom. The molecule has 0 spiro atoms. The molecule has 3 atom stereocenters. The van der Waals surface area contributed by atoms with E-state index in [2.05, 4.69) is 15.5 Å². The molecule has 1 aromatic rings. The number of ether oxygens (including phenoxy) is 1. The molecule has 3 fully saturated rings. The Kier molecular flexibility index (Phi) is 4.79. The third kappa shape index (κ3) is 3.27. The molecule has 0 radical (unpaired) electrons. The maximum atomic E-state index is 12.9. The highest BCUT2D eigenvalue weighted by atomic mass is 16.5. The van der Waals surface area contributed by atoms with Gasteiger partial charge in [0.25, 0.3) is 11.8 Å². The minimum absolute atomic E-state index is 0.104. The van der Waals surface area contributed by atoms with Crippen LogP contribution >= 0.6 is 0 Å². The van der Waals surface area contributed by atoms with Crippen LogP contribution in [0.3, 0.4) is 0 Å². The summed E-state index contributed by atoms with van der Waals surface area (Å²) in [6.07, 6.45) is 0.249. The number of carbonyl (C=O) groups is 4. The quantitative estimate of drug-likeness (QED) is 0.635. The number of piperidine rings is 1. The van der Waals surface area contributed by atoms with E-state index in [1.807, 2.05) is 0 Å². The van der Waals surface area contributed by atoms with Crippen molar-refractivity contribution in [2.45, 2.75) is 18.9 Å². The number of carbonyl (C=O) groups excluding carboxylic acids is 4. The zero-order chi connectivity index (χ0) is 20.8. The van der Waals surface area contributed by atoms with Gasteiger partial charge in [-0.2, -0.15) is 0 Å². The lowest BCUT2D eigenvalue weighted by Crippen LogP contribution is -2.54. The molecule has 0 saturated carbocycles. The van der Waals surface area contributed by atoms with Crippen LogP contribution in [0.1, 0.15) is 33.6 Å². The molecule has 5 rings (SSSR count). The van der Waals surface area contributed by atoms with Crippen molar-refractivity contribution >= 4 is 23.6 Å². The predicted octanol–water partition coefficient (Wildman–Crippen LogP) is -0.382. The van der Waals surface area contributed by atoms with Crippen molar-refractivity contribution in [3.63, 3.8) is 0 Å². The molecule has 2 N–H and O–H groups in total. The molecule has 9 nitrogen and oxygen atoms in total. The fraction of sp³-hybridized carbons (Fsp3) is 0.524. The van der Waals surface area contributed by atoms with Crippen LogP contribution in [0, 0.1) is 11.8 Å². The maximum Gasteiger partial charge on any atom is 0.262 e. The first-order valence-electron chi connectivity index (χ1n) is 10.4. The predicted molar refractivity (Wildman–Crippen MR) is 105 cm³/mol. The summed E-state index contributed by atoms with van der Waals surface area (Å²) < 4.78 is 5.85. The molecular formula is C21H24N4O5. The number of fused-ring (bicyclic) bond motifs is 2. The molecule has 4 amide bonds. The highest BCUT2D eigenvalue weighted by Gasteiger charge is 2.44. The highest BCUT2D eigenvalue weighted by molar-refractivity contribution is 6.23. The molecule has 4 heterocycles. The summed E-state index contributed by atoms with van der Waals surface area (Å²) in [6.45, 7) is 5.67. The molecule has 1 aromatic carbocycles. The largest absolute Gasteiger partial charge is 0.492 e. The molecule has 3 saturated heterocycles. The van der Waals surface area contributed by atoms with Gasteiger partial charge in [-0.3, -0.25) is 34.3 Å². The average molecular weight is 412 g/mol. The molecule has 3 unspecified atom stereocenters. The van der Waals surface area contributed by atoms with Gasteiger partial charge in [0.15, 0.2) is 0 Å². The van der Waals surface area contributed by atoms with Crippen LogP contribution < -0.4 is 15.4 Å². The normalized spacial score (nSPS) is 28.7. The Labute approximate surface area is 173 Å². The number of hydrogen-bond acceptors (Lipinski definition) is 7. The second-order valence-electron chi connectivity index (χ2n) is 8.44. The number of likely N-dealkylation sites (tertiary alicyclic amines) is 1. The number of nitrogens with one attached hydrogen (secondary N) is 2. The van der Waals surface area contributed by atoms with Crippen LogP contribution in [0.15, 0.2) is 18.2 Å². The van der Waals surface area contributed by atoms with Crippen molar-refractivity contribution in [1.29, 1.82) is 0 Å². The van der Waals surface area contributed by atoms with E-state index in [-0.39, 0.29) is 29.9 Å². The van der Waals surface area contributed by atoms with Crippen molar-refractivity contribution < 1.29 is 23.9 Å². The number of amides is 4. The van der Waals surface area contributed by atoms with Gasteiger partial charge in [-0.15, -0.1) is 0 Å². The smallest absolute Gasteiger partial charge is 0.262 e. The van der Waals surface area contributed by atoms with Crippen molar-refractivity contribution in [3.8, 4) is 5.75 Å². The van der Waals surface area contributed by atoms with E-state index in [9.17, 15) is 19.2 Å². The van der Waals surface area contributed by atoms with Crippen LogP contribution in [-0.4, -0.2) is 78.8 Å². The van der Waals surface area contributed by atoms with Gasteiger partial charge in [0.05, 0.1) is 11.1 Å². The lowest BCUT2D eigenvalue weighted by Gasteiger charge is -2.27. The zero-order valence-electron chi connectivity index (χ0n) is 16.6. The Balaban J connectivity index is 1.22. The summed E-state index contributed by atoms with van der Waals surface area (Å²) in [4.78, 5) is 52.4. The summed E-state index contributed by atoms with van der Waals surface area (Å²) in [5.41, 5.74) is 0.501. The molecule has 4 aliphatic rings. The van der Waals surface area contributed by atoms with Crippen molar-refractivity contribution in [2.75, 3.05) is 39.3 Å². The minimum atomic E-state index is -0.955. The van der Waals surface area contributed by atoms with E-state index in [0.717, 1.165) is 49.5 Å². The standard InChI is InChI=1S/C21H24N4O5/c26-18-4-3-17(19(27)23-18)25-20(28)15-2-1-14(7-16(15)21(25)29)30-6-5-24-10-12-8-22-9-13(12)11-24/h1-2,7,12-13,17,22H,3-6,8-11H2,(H,23,26,27). The van der Waals surface area contributed by atoms with Crippen LogP contribution in [-0.2, 0) is 9.59 Å². The summed E-state index contributed by atoms with van der Waals surface area (Å²) in [5.74, 6) is -0.0350. The lowest BCUT2D eigenvalue weighted by molar-refractivity contribution is -0.136. The van der Waals surface area contributed by atoms with Gasteiger partial charge in [0.2, 0.25) is 11.8 Å². The molecule has 0 aromatic heterocycles. The fourth-order valence-corrected chi connectivity index (χ4v) is 4.97. The van der Waals surface area contributed by atoms with E-state index >= 15 is 0 Å². The van der Waals surface area contributed by atoms with Gasteiger partial charge in [-0.25, -0.2) is 0 Å². The van der Waals surface area contributed by atoms with Gasteiger partial charge in [0.1, 0.15) is 18.4 Å². The third-order valence-electron chi connectivity index (χ3n) is 6.55. The van der Waals surface area contributed by atoms with E-state index in [1.165, 1.54) is 0 Å². The second kappa shape index (κ2) is 7.48. The van der Waals surface area contributed by atoms with Gasteiger partial charge >= 0.3 is 0 Å². The molecular weight excluding hydrogens is 388 g/mol. The van der Waals surface area contributed by atoms with Crippen LogP contribution in [0.5, 0.6) is 5.75 Å². The van der Waals surface area contributed by atoms with E-state index in [0.29, 0.717) is 12.4 Å². The lowest BCUT2D eigenvalue weighted by atomic mass is 10.0. The maximum absolute atomic E-state index is 12.9. The first-order valence-corrected chi connectivity index (χ1v) is 10.4.